The maximum absolute atomic E-state index is 12.8. The molecule has 0 aliphatic heterocycles. The number of aromatic nitrogens is 2. The SMILES string of the molecule is CCOc1ccc(N(C)c2ncc(C(F)(F)F)c(OC)n2)cc1. The molecule has 1 aromatic carbocycles. The predicted molar refractivity (Wildman–Crippen MR) is 79.3 cm³/mol. The van der Waals surface area contributed by atoms with Crippen molar-refractivity contribution in [1.29, 1.82) is 0 Å². The molecule has 0 radical (unpaired) electrons. The van der Waals surface area contributed by atoms with E-state index in [2.05, 4.69) is 9.97 Å². The first-order valence-corrected chi connectivity index (χ1v) is 6.81. The minimum Gasteiger partial charge on any atom is -0.494 e. The summed E-state index contributed by atoms with van der Waals surface area (Å²) in [5.41, 5.74) is -0.306. The van der Waals surface area contributed by atoms with Gasteiger partial charge in [-0.1, -0.05) is 0 Å². The number of hydrogen-bond donors (Lipinski definition) is 0. The lowest BCUT2D eigenvalue weighted by molar-refractivity contribution is -0.139. The zero-order valence-corrected chi connectivity index (χ0v) is 12.9. The second kappa shape index (κ2) is 6.72. The van der Waals surface area contributed by atoms with E-state index in [1.807, 2.05) is 6.92 Å². The van der Waals surface area contributed by atoms with Gasteiger partial charge in [0.2, 0.25) is 11.8 Å². The van der Waals surface area contributed by atoms with Gasteiger partial charge in [0.1, 0.15) is 11.3 Å². The maximum atomic E-state index is 12.8. The van der Waals surface area contributed by atoms with Crippen molar-refractivity contribution in [3.05, 3.63) is 36.0 Å². The summed E-state index contributed by atoms with van der Waals surface area (Å²) in [7, 11) is 2.79. The third kappa shape index (κ3) is 3.82. The largest absolute Gasteiger partial charge is 0.494 e. The zero-order chi connectivity index (χ0) is 17.0. The molecule has 124 valence electrons. The molecule has 0 aliphatic rings. The zero-order valence-electron chi connectivity index (χ0n) is 12.9. The van der Waals surface area contributed by atoms with Crippen LogP contribution in [0.15, 0.2) is 30.5 Å². The lowest BCUT2D eigenvalue weighted by Gasteiger charge is -2.19. The van der Waals surface area contributed by atoms with E-state index < -0.39 is 17.6 Å². The number of ether oxygens (including phenoxy) is 2. The Bertz CT molecular complexity index is 660. The Morgan fingerprint density at radius 1 is 1.17 bits per heavy atom. The van der Waals surface area contributed by atoms with Gasteiger partial charge >= 0.3 is 6.18 Å². The first-order chi connectivity index (χ1) is 10.9. The highest BCUT2D eigenvalue weighted by atomic mass is 19.4. The first kappa shape index (κ1) is 16.9. The van der Waals surface area contributed by atoms with Crippen LogP contribution in [-0.2, 0) is 6.18 Å². The Hall–Kier alpha value is -2.51. The Labute approximate surface area is 131 Å². The van der Waals surface area contributed by atoms with Crippen LogP contribution in [0.2, 0.25) is 0 Å². The molecule has 0 aliphatic carbocycles. The molecule has 0 fully saturated rings. The summed E-state index contributed by atoms with van der Waals surface area (Å²) >= 11 is 0. The van der Waals surface area contributed by atoms with E-state index in [1.54, 1.807) is 36.2 Å². The minimum absolute atomic E-state index is 0.0963. The van der Waals surface area contributed by atoms with E-state index in [4.69, 9.17) is 9.47 Å². The Kier molecular flexibility index (Phi) is 4.92. The molecule has 2 rings (SSSR count). The van der Waals surface area contributed by atoms with Crippen molar-refractivity contribution in [2.24, 2.45) is 0 Å². The van der Waals surface area contributed by atoms with Crippen molar-refractivity contribution in [1.82, 2.24) is 9.97 Å². The lowest BCUT2D eigenvalue weighted by atomic mass is 10.3. The molecule has 2 aromatic rings. The van der Waals surface area contributed by atoms with Crippen molar-refractivity contribution in [2.45, 2.75) is 13.1 Å². The highest BCUT2D eigenvalue weighted by Gasteiger charge is 2.36. The number of nitrogens with zero attached hydrogens (tertiary/aromatic N) is 3. The van der Waals surface area contributed by atoms with Crippen molar-refractivity contribution in [2.75, 3.05) is 25.7 Å². The maximum Gasteiger partial charge on any atom is 0.423 e. The molecule has 1 aromatic heterocycles. The highest BCUT2D eigenvalue weighted by molar-refractivity contribution is 5.58. The van der Waals surface area contributed by atoms with Gasteiger partial charge in [0.05, 0.1) is 13.7 Å². The summed E-state index contributed by atoms with van der Waals surface area (Å²) in [6.07, 6.45) is -3.85. The monoisotopic (exact) mass is 327 g/mol. The smallest absolute Gasteiger partial charge is 0.423 e. The molecule has 5 nitrogen and oxygen atoms in total. The van der Waals surface area contributed by atoms with Gasteiger partial charge in [0.15, 0.2) is 0 Å². The van der Waals surface area contributed by atoms with Gasteiger partial charge in [-0.25, -0.2) is 4.98 Å². The Balaban J connectivity index is 2.30. The van der Waals surface area contributed by atoms with E-state index in [9.17, 15) is 13.2 Å². The second-order valence-electron chi connectivity index (χ2n) is 4.58. The summed E-state index contributed by atoms with van der Waals surface area (Å²) < 4.78 is 48.5. The van der Waals surface area contributed by atoms with E-state index in [0.29, 0.717) is 24.2 Å². The second-order valence-corrected chi connectivity index (χ2v) is 4.58. The van der Waals surface area contributed by atoms with Gasteiger partial charge in [0.25, 0.3) is 0 Å². The van der Waals surface area contributed by atoms with Gasteiger partial charge in [-0.3, -0.25) is 0 Å². The molecule has 0 spiro atoms. The molecule has 0 saturated heterocycles. The predicted octanol–water partition coefficient (Wildman–Crippen LogP) is 3.67. The molecule has 0 saturated carbocycles. The van der Waals surface area contributed by atoms with Crippen LogP contribution in [0.25, 0.3) is 0 Å². The molecular formula is C15H16F3N3O2. The Morgan fingerprint density at radius 3 is 2.35 bits per heavy atom. The van der Waals surface area contributed by atoms with Crippen molar-refractivity contribution < 1.29 is 22.6 Å². The summed E-state index contributed by atoms with van der Waals surface area (Å²) in [6, 6.07) is 7.05. The fraction of sp³-hybridized carbons (Fsp3) is 0.333. The van der Waals surface area contributed by atoms with Crippen LogP contribution in [0.4, 0.5) is 24.8 Å². The lowest BCUT2D eigenvalue weighted by Crippen LogP contribution is -2.16. The fourth-order valence-electron chi connectivity index (χ4n) is 1.92. The quantitative estimate of drug-likeness (QED) is 0.838. The molecule has 1 heterocycles. The standard InChI is InChI=1S/C15H16F3N3O2/c1-4-23-11-7-5-10(6-8-11)21(2)14-19-9-12(15(16,17)18)13(20-14)22-3/h5-9H,4H2,1-3H3. The third-order valence-electron chi connectivity index (χ3n) is 3.07. The fourth-order valence-corrected chi connectivity index (χ4v) is 1.92. The van der Waals surface area contributed by atoms with Crippen LogP contribution in [0.1, 0.15) is 12.5 Å². The minimum atomic E-state index is -4.57. The summed E-state index contributed by atoms with van der Waals surface area (Å²) in [6.45, 7) is 2.43. The van der Waals surface area contributed by atoms with Crippen LogP contribution in [0.3, 0.4) is 0 Å². The van der Waals surface area contributed by atoms with Crippen LogP contribution in [0, 0.1) is 0 Å². The number of anilines is 2. The molecule has 0 N–H and O–H groups in total. The molecule has 0 atom stereocenters. The van der Waals surface area contributed by atoms with E-state index >= 15 is 0 Å². The number of benzene rings is 1. The summed E-state index contributed by atoms with van der Waals surface area (Å²) in [5, 5.41) is 0. The molecule has 8 heteroatoms. The molecular weight excluding hydrogens is 311 g/mol. The van der Waals surface area contributed by atoms with Crippen LogP contribution in [-0.4, -0.2) is 30.7 Å². The molecule has 0 amide bonds. The normalized spacial score (nSPS) is 11.2. The van der Waals surface area contributed by atoms with E-state index in [1.165, 1.54) is 0 Å². The average molecular weight is 327 g/mol. The summed E-state index contributed by atoms with van der Waals surface area (Å²) in [5.74, 6) is 0.287. The molecule has 23 heavy (non-hydrogen) atoms. The van der Waals surface area contributed by atoms with E-state index in [0.717, 1.165) is 7.11 Å². The molecule has 0 unspecified atom stereocenters. The van der Waals surface area contributed by atoms with Crippen molar-refractivity contribution in [3.63, 3.8) is 0 Å². The van der Waals surface area contributed by atoms with E-state index in [-0.39, 0.29) is 5.95 Å². The highest BCUT2D eigenvalue weighted by Crippen LogP contribution is 2.35. The number of halogens is 3. The Morgan fingerprint density at radius 2 is 1.83 bits per heavy atom. The van der Waals surface area contributed by atoms with Gasteiger partial charge < -0.3 is 14.4 Å². The van der Waals surface area contributed by atoms with Crippen molar-refractivity contribution in [3.8, 4) is 11.6 Å². The summed E-state index contributed by atoms with van der Waals surface area (Å²) in [4.78, 5) is 9.16. The topological polar surface area (TPSA) is 47.5 Å². The van der Waals surface area contributed by atoms with Gasteiger partial charge in [-0.05, 0) is 31.2 Å². The van der Waals surface area contributed by atoms with Gasteiger partial charge in [-0.2, -0.15) is 18.2 Å². The van der Waals surface area contributed by atoms with Gasteiger partial charge in [0, 0.05) is 18.9 Å². The van der Waals surface area contributed by atoms with Gasteiger partial charge in [-0.15, -0.1) is 0 Å². The van der Waals surface area contributed by atoms with Crippen LogP contribution in [0.5, 0.6) is 11.6 Å². The number of rotatable bonds is 5. The number of methoxy groups -OCH3 is 1. The van der Waals surface area contributed by atoms with Crippen LogP contribution >= 0.6 is 0 Å². The first-order valence-electron chi connectivity index (χ1n) is 6.81. The number of alkyl halides is 3. The average Bonchev–Trinajstić information content (AvgIpc) is 2.53. The van der Waals surface area contributed by atoms with Crippen molar-refractivity contribution >= 4 is 11.6 Å². The number of hydrogen-bond acceptors (Lipinski definition) is 5. The molecule has 0 bridgehead atoms. The third-order valence-corrected chi connectivity index (χ3v) is 3.07. The van der Waals surface area contributed by atoms with Crippen LogP contribution < -0.4 is 14.4 Å².